The summed E-state index contributed by atoms with van der Waals surface area (Å²) in [5.74, 6) is -1.09. The fourth-order valence-corrected chi connectivity index (χ4v) is 4.98. The van der Waals surface area contributed by atoms with E-state index in [1.807, 2.05) is 16.8 Å². The molecule has 3 nitrogen and oxygen atoms in total. The highest BCUT2D eigenvalue weighted by Crippen LogP contribution is 2.43. The lowest BCUT2D eigenvalue weighted by Crippen LogP contribution is -2.41. The van der Waals surface area contributed by atoms with Gasteiger partial charge in [-0.1, -0.05) is 36.4 Å². The van der Waals surface area contributed by atoms with Crippen LogP contribution >= 0.6 is 11.3 Å². The Morgan fingerprint density at radius 3 is 2.76 bits per heavy atom. The number of likely N-dealkylation sites (tertiary alicyclic amines) is 1. The molecule has 1 spiro atoms. The van der Waals surface area contributed by atoms with E-state index in [9.17, 15) is 9.90 Å². The van der Waals surface area contributed by atoms with Crippen LogP contribution in [0.15, 0.2) is 47.2 Å². The molecule has 4 rings (SSSR count). The molecule has 25 heavy (non-hydrogen) atoms. The summed E-state index contributed by atoms with van der Waals surface area (Å²) in [7, 11) is 0. The number of fused-ring (bicyclic) bond motifs is 2. The van der Waals surface area contributed by atoms with Gasteiger partial charge in [0.25, 0.3) is 0 Å². The average Bonchev–Trinajstić information content (AvgIpc) is 3.26. The summed E-state index contributed by atoms with van der Waals surface area (Å²) in [5, 5.41) is 13.4. The van der Waals surface area contributed by atoms with Crippen molar-refractivity contribution >= 4 is 23.4 Å². The maximum absolute atomic E-state index is 11.6. The molecule has 1 aliphatic heterocycles. The van der Waals surface area contributed by atoms with Crippen molar-refractivity contribution < 1.29 is 9.90 Å². The number of rotatable bonds is 5. The fourth-order valence-electron chi connectivity index (χ4n) is 4.26. The number of piperidine rings is 1. The van der Waals surface area contributed by atoms with Crippen LogP contribution in [0.1, 0.15) is 41.9 Å². The molecule has 0 radical (unpaired) electrons. The standard InChI is InChI=1S/C21H23NO2S/c23-20(24)18(17-7-14-25-15-17)6-11-22-12-9-21(10-13-22)8-5-16-3-1-2-4-19(16)21/h1-5,7-8,14-15,18H,6,9-13H2,(H,23,24). The lowest BCUT2D eigenvalue weighted by molar-refractivity contribution is -0.139. The molecule has 1 aromatic heterocycles. The second-order valence-corrected chi connectivity index (χ2v) is 7.93. The quantitative estimate of drug-likeness (QED) is 0.868. The topological polar surface area (TPSA) is 40.5 Å². The molecule has 1 saturated heterocycles. The average molecular weight is 353 g/mol. The second kappa shape index (κ2) is 6.77. The third-order valence-corrected chi connectivity index (χ3v) is 6.51. The first kappa shape index (κ1) is 16.6. The molecule has 0 saturated carbocycles. The first-order valence-corrected chi connectivity index (χ1v) is 9.88. The highest BCUT2D eigenvalue weighted by Gasteiger charge is 2.37. The summed E-state index contributed by atoms with van der Waals surface area (Å²) in [5.41, 5.74) is 3.97. The number of thiophene rings is 1. The minimum Gasteiger partial charge on any atom is -0.481 e. The van der Waals surface area contributed by atoms with Gasteiger partial charge in [-0.05, 0) is 72.4 Å². The Hall–Kier alpha value is -1.91. The number of carboxylic acids is 1. The van der Waals surface area contributed by atoms with E-state index in [4.69, 9.17) is 0 Å². The van der Waals surface area contributed by atoms with E-state index < -0.39 is 5.97 Å². The molecule has 1 aromatic carbocycles. The van der Waals surface area contributed by atoms with Crippen LogP contribution in [0.3, 0.4) is 0 Å². The summed E-state index contributed by atoms with van der Waals surface area (Å²) >= 11 is 1.57. The second-order valence-electron chi connectivity index (χ2n) is 7.15. The molecule has 2 aromatic rings. The van der Waals surface area contributed by atoms with E-state index in [0.717, 1.165) is 38.0 Å². The van der Waals surface area contributed by atoms with Crippen molar-refractivity contribution in [1.29, 1.82) is 0 Å². The van der Waals surface area contributed by atoms with E-state index >= 15 is 0 Å². The molecular weight excluding hydrogens is 330 g/mol. The van der Waals surface area contributed by atoms with Gasteiger partial charge in [0, 0.05) is 5.41 Å². The normalized spacial score (nSPS) is 19.8. The predicted octanol–water partition coefficient (Wildman–Crippen LogP) is 4.37. The Kier molecular flexibility index (Phi) is 4.48. The van der Waals surface area contributed by atoms with Gasteiger partial charge in [-0.3, -0.25) is 4.79 Å². The Morgan fingerprint density at radius 1 is 1.24 bits per heavy atom. The minimum absolute atomic E-state index is 0.201. The number of hydrogen-bond acceptors (Lipinski definition) is 3. The zero-order valence-electron chi connectivity index (χ0n) is 14.2. The summed E-state index contributed by atoms with van der Waals surface area (Å²) < 4.78 is 0. The summed E-state index contributed by atoms with van der Waals surface area (Å²) in [6.45, 7) is 2.93. The van der Waals surface area contributed by atoms with Gasteiger partial charge < -0.3 is 10.0 Å². The van der Waals surface area contributed by atoms with Crippen molar-refractivity contribution in [3.63, 3.8) is 0 Å². The Bertz CT molecular complexity index is 773. The Labute approximate surface area is 152 Å². The highest BCUT2D eigenvalue weighted by atomic mass is 32.1. The first-order valence-electron chi connectivity index (χ1n) is 8.94. The number of nitrogens with zero attached hydrogens (tertiary/aromatic N) is 1. The van der Waals surface area contributed by atoms with Crippen LogP contribution in [0.4, 0.5) is 0 Å². The van der Waals surface area contributed by atoms with Gasteiger partial charge in [-0.2, -0.15) is 11.3 Å². The molecule has 0 bridgehead atoms. The molecule has 4 heteroatoms. The zero-order valence-corrected chi connectivity index (χ0v) is 15.0. The van der Waals surface area contributed by atoms with Crippen LogP contribution in [0, 0.1) is 0 Å². The molecule has 130 valence electrons. The van der Waals surface area contributed by atoms with E-state index in [0.29, 0.717) is 6.42 Å². The van der Waals surface area contributed by atoms with Crippen LogP contribution in [-0.4, -0.2) is 35.6 Å². The molecule has 0 amide bonds. The number of carbonyl (C=O) groups is 1. The van der Waals surface area contributed by atoms with Gasteiger partial charge in [0.15, 0.2) is 0 Å². The van der Waals surface area contributed by atoms with Crippen molar-refractivity contribution in [2.75, 3.05) is 19.6 Å². The zero-order chi connectivity index (χ0) is 17.3. The summed E-state index contributed by atoms with van der Waals surface area (Å²) in [6, 6.07) is 10.6. The molecule has 1 atom stereocenters. The van der Waals surface area contributed by atoms with Gasteiger partial charge >= 0.3 is 5.97 Å². The van der Waals surface area contributed by atoms with Crippen molar-refractivity contribution in [1.82, 2.24) is 4.90 Å². The summed E-state index contributed by atoms with van der Waals surface area (Å²) in [6.07, 6.45) is 7.58. The predicted molar refractivity (Wildman–Crippen MR) is 102 cm³/mol. The first-order chi connectivity index (χ1) is 12.2. The molecule has 2 heterocycles. The molecule has 1 aliphatic carbocycles. The number of aliphatic carboxylic acids is 1. The van der Waals surface area contributed by atoms with Gasteiger partial charge in [0.05, 0.1) is 5.92 Å². The summed E-state index contributed by atoms with van der Waals surface area (Å²) in [4.78, 5) is 14.0. The van der Waals surface area contributed by atoms with Gasteiger partial charge in [-0.25, -0.2) is 0 Å². The molecule has 2 aliphatic rings. The number of allylic oxidation sites excluding steroid dienone is 1. The smallest absolute Gasteiger partial charge is 0.311 e. The van der Waals surface area contributed by atoms with Gasteiger partial charge in [0.1, 0.15) is 0 Å². The molecule has 1 unspecified atom stereocenters. The van der Waals surface area contributed by atoms with Crippen molar-refractivity contribution in [2.45, 2.75) is 30.6 Å². The fraction of sp³-hybridized carbons (Fsp3) is 0.381. The van der Waals surface area contributed by atoms with Crippen LogP contribution in [0.2, 0.25) is 0 Å². The van der Waals surface area contributed by atoms with E-state index in [1.54, 1.807) is 11.3 Å². The van der Waals surface area contributed by atoms with Crippen LogP contribution in [0.5, 0.6) is 0 Å². The van der Waals surface area contributed by atoms with Crippen molar-refractivity contribution in [3.05, 3.63) is 63.9 Å². The van der Waals surface area contributed by atoms with E-state index in [2.05, 4.69) is 41.3 Å². The minimum atomic E-state index is -0.709. The molecule has 1 N–H and O–H groups in total. The third-order valence-electron chi connectivity index (χ3n) is 5.81. The molecule has 1 fully saturated rings. The van der Waals surface area contributed by atoms with E-state index in [-0.39, 0.29) is 11.3 Å². The van der Waals surface area contributed by atoms with Crippen molar-refractivity contribution in [2.24, 2.45) is 0 Å². The monoisotopic (exact) mass is 353 g/mol. The van der Waals surface area contributed by atoms with Crippen LogP contribution in [0.25, 0.3) is 6.08 Å². The maximum Gasteiger partial charge on any atom is 0.311 e. The maximum atomic E-state index is 11.6. The lowest BCUT2D eigenvalue weighted by Gasteiger charge is -2.39. The Balaban J connectivity index is 1.37. The van der Waals surface area contributed by atoms with E-state index in [1.165, 1.54) is 11.1 Å². The molecular formula is C21H23NO2S. The van der Waals surface area contributed by atoms with Gasteiger partial charge in [-0.15, -0.1) is 0 Å². The third kappa shape index (κ3) is 3.16. The van der Waals surface area contributed by atoms with Crippen LogP contribution < -0.4 is 0 Å². The lowest BCUT2D eigenvalue weighted by atomic mass is 9.74. The number of benzene rings is 1. The van der Waals surface area contributed by atoms with Gasteiger partial charge in [0.2, 0.25) is 0 Å². The SMILES string of the molecule is O=C(O)C(CCN1CCC2(C=Cc3ccccc32)CC1)c1ccsc1. The highest BCUT2D eigenvalue weighted by molar-refractivity contribution is 7.08. The number of carboxylic acid groups (broad SMARTS) is 1. The van der Waals surface area contributed by atoms with Crippen molar-refractivity contribution in [3.8, 4) is 0 Å². The Morgan fingerprint density at radius 2 is 2.04 bits per heavy atom. The largest absolute Gasteiger partial charge is 0.481 e. The number of hydrogen-bond donors (Lipinski definition) is 1. The van der Waals surface area contributed by atoms with Crippen LogP contribution in [-0.2, 0) is 10.2 Å².